The number of hydrogen-bond acceptors (Lipinski definition) is 5. The van der Waals surface area contributed by atoms with Crippen molar-refractivity contribution < 1.29 is 10.2 Å². The standard InChI is InChI=1S/C11H14N4O2/c12-6-1-2-7-8(3-6)14-11(13-7)15-4-9(16)10(17)5-15/h1-3,9-10,16-17H,4-5,12H2,(H,13,14). The third kappa shape index (κ3) is 1.71. The van der Waals surface area contributed by atoms with Crippen LogP contribution >= 0.6 is 0 Å². The Morgan fingerprint density at radius 3 is 2.71 bits per heavy atom. The average Bonchev–Trinajstić information content (AvgIpc) is 2.83. The van der Waals surface area contributed by atoms with Crippen LogP contribution in [0.2, 0.25) is 0 Å². The van der Waals surface area contributed by atoms with Crippen LogP contribution in [0.3, 0.4) is 0 Å². The molecule has 6 heteroatoms. The maximum Gasteiger partial charge on any atom is 0.204 e. The zero-order valence-corrected chi connectivity index (χ0v) is 9.17. The van der Waals surface area contributed by atoms with Crippen molar-refractivity contribution in [2.45, 2.75) is 12.2 Å². The summed E-state index contributed by atoms with van der Waals surface area (Å²) in [6, 6.07) is 5.45. The molecule has 0 spiro atoms. The summed E-state index contributed by atoms with van der Waals surface area (Å²) in [6.07, 6.45) is -1.43. The molecule has 0 radical (unpaired) electrons. The van der Waals surface area contributed by atoms with Crippen molar-refractivity contribution in [2.24, 2.45) is 0 Å². The summed E-state index contributed by atoms with van der Waals surface area (Å²) >= 11 is 0. The van der Waals surface area contributed by atoms with Crippen molar-refractivity contribution in [2.75, 3.05) is 23.7 Å². The molecular formula is C11H14N4O2. The van der Waals surface area contributed by atoms with E-state index in [1.54, 1.807) is 6.07 Å². The number of H-pyrrole nitrogens is 1. The van der Waals surface area contributed by atoms with Gasteiger partial charge in [0.2, 0.25) is 5.95 Å². The molecule has 2 aromatic rings. The molecule has 1 aliphatic heterocycles. The smallest absolute Gasteiger partial charge is 0.204 e. The zero-order chi connectivity index (χ0) is 12.0. The minimum atomic E-state index is -0.715. The van der Waals surface area contributed by atoms with Gasteiger partial charge in [0, 0.05) is 18.8 Å². The third-order valence-electron chi connectivity index (χ3n) is 3.05. The van der Waals surface area contributed by atoms with Crippen molar-refractivity contribution in [3.63, 3.8) is 0 Å². The van der Waals surface area contributed by atoms with Gasteiger partial charge in [-0.2, -0.15) is 0 Å². The number of anilines is 2. The lowest BCUT2D eigenvalue weighted by Gasteiger charge is -2.12. The molecule has 1 aromatic carbocycles. The molecule has 17 heavy (non-hydrogen) atoms. The minimum absolute atomic E-state index is 0.385. The van der Waals surface area contributed by atoms with Gasteiger partial charge in [-0.1, -0.05) is 0 Å². The molecule has 1 aliphatic rings. The number of aliphatic hydroxyl groups is 2. The first-order valence-corrected chi connectivity index (χ1v) is 5.50. The highest BCUT2D eigenvalue weighted by atomic mass is 16.3. The normalized spacial score (nSPS) is 24.7. The Balaban J connectivity index is 1.96. The minimum Gasteiger partial charge on any atom is -0.399 e. The highest BCUT2D eigenvalue weighted by Gasteiger charge is 2.31. The highest BCUT2D eigenvalue weighted by Crippen LogP contribution is 2.22. The van der Waals surface area contributed by atoms with E-state index in [0.717, 1.165) is 11.0 Å². The first kappa shape index (κ1) is 10.4. The van der Waals surface area contributed by atoms with Crippen LogP contribution in [-0.2, 0) is 0 Å². The van der Waals surface area contributed by atoms with E-state index in [4.69, 9.17) is 5.73 Å². The summed E-state index contributed by atoms with van der Waals surface area (Å²) in [5, 5.41) is 19.0. The number of nitrogens with zero attached hydrogens (tertiary/aromatic N) is 2. The lowest BCUT2D eigenvalue weighted by Crippen LogP contribution is -2.22. The largest absolute Gasteiger partial charge is 0.399 e. The maximum absolute atomic E-state index is 9.50. The van der Waals surface area contributed by atoms with Gasteiger partial charge in [0.1, 0.15) is 0 Å². The molecule has 1 saturated heterocycles. The quantitative estimate of drug-likeness (QED) is 0.507. The van der Waals surface area contributed by atoms with Crippen molar-refractivity contribution >= 4 is 22.7 Å². The monoisotopic (exact) mass is 234 g/mol. The molecule has 90 valence electrons. The summed E-state index contributed by atoms with van der Waals surface area (Å²) in [7, 11) is 0. The van der Waals surface area contributed by atoms with Crippen molar-refractivity contribution in [3.8, 4) is 0 Å². The second-order valence-electron chi connectivity index (χ2n) is 4.38. The molecule has 0 amide bonds. The second-order valence-corrected chi connectivity index (χ2v) is 4.38. The molecule has 2 heterocycles. The van der Waals surface area contributed by atoms with Gasteiger partial charge in [-0.05, 0) is 18.2 Å². The number of aromatic nitrogens is 2. The van der Waals surface area contributed by atoms with E-state index in [2.05, 4.69) is 9.97 Å². The van der Waals surface area contributed by atoms with Crippen LogP contribution in [0.4, 0.5) is 11.6 Å². The fourth-order valence-corrected chi connectivity index (χ4v) is 2.11. The van der Waals surface area contributed by atoms with E-state index < -0.39 is 12.2 Å². The first-order chi connectivity index (χ1) is 8.13. The number of benzene rings is 1. The molecule has 3 rings (SSSR count). The molecule has 2 atom stereocenters. The zero-order valence-electron chi connectivity index (χ0n) is 9.17. The molecular weight excluding hydrogens is 220 g/mol. The second kappa shape index (κ2) is 3.61. The lowest BCUT2D eigenvalue weighted by atomic mass is 10.3. The number of imidazole rings is 1. The van der Waals surface area contributed by atoms with Crippen LogP contribution in [0, 0.1) is 0 Å². The molecule has 1 aromatic heterocycles. The van der Waals surface area contributed by atoms with Crippen LogP contribution < -0.4 is 10.6 Å². The highest BCUT2D eigenvalue weighted by molar-refractivity contribution is 5.80. The maximum atomic E-state index is 9.50. The average molecular weight is 234 g/mol. The van der Waals surface area contributed by atoms with Gasteiger partial charge >= 0.3 is 0 Å². The predicted octanol–water partition coefficient (Wildman–Crippen LogP) is -0.313. The Morgan fingerprint density at radius 1 is 1.29 bits per heavy atom. The number of aromatic amines is 1. The molecule has 0 saturated carbocycles. The number of fused-ring (bicyclic) bond motifs is 1. The fourth-order valence-electron chi connectivity index (χ4n) is 2.11. The Kier molecular flexibility index (Phi) is 2.20. The number of β-amino-alcohol motifs (C(OH)–C–C–N with tert-alkyl or cyclic N) is 2. The van der Waals surface area contributed by atoms with Crippen molar-refractivity contribution in [1.29, 1.82) is 0 Å². The fraction of sp³-hybridized carbons (Fsp3) is 0.364. The number of rotatable bonds is 1. The van der Waals surface area contributed by atoms with E-state index in [1.165, 1.54) is 0 Å². The van der Waals surface area contributed by atoms with Gasteiger partial charge in [-0.25, -0.2) is 4.98 Å². The SMILES string of the molecule is Nc1ccc2nc(N3CC(O)C(O)C3)[nH]c2c1. The molecule has 0 aliphatic carbocycles. The summed E-state index contributed by atoms with van der Waals surface area (Å²) in [5.41, 5.74) is 8.05. The number of aliphatic hydroxyl groups excluding tert-OH is 2. The predicted molar refractivity (Wildman–Crippen MR) is 64.7 cm³/mol. The molecule has 1 fully saturated rings. The molecule has 0 bridgehead atoms. The lowest BCUT2D eigenvalue weighted by molar-refractivity contribution is 0.0572. The summed E-state index contributed by atoms with van der Waals surface area (Å²) in [6.45, 7) is 0.771. The van der Waals surface area contributed by atoms with E-state index >= 15 is 0 Å². The van der Waals surface area contributed by atoms with Crippen LogP contribution in [0.15, 0.2) is 18.2 Å². The van der Waals surface area contributed by atoms with Gasteiger partial charge < -0.3 is 25.8 Å². The van der Waals surface area contributed by atoms with Crippen LogP contribution in [0.25, 0.3) is 11.0 Å². The van der Waals surface area contributed by atoms with Crippen molar-refractivity contribution in [1.82, 2.24) is 9.97 Å². The Bertz CT molecular complexity index is 543. The number of hydrogen-bond donors (Lipinski definition) is 4. The van der Waals surface area contributed by atoms with Gasteiger partial charge in [0.15, 0.2) is 0 Å². The molecule has 6 nitrogen and oxygen atoms in total. The summed E-state index contributed by atoms with van der Waals surface area (Å²) in [5.74, 6) is 0.654. The Labute approximate surface area is 97.7 Å². The van der Waals surface area contributed by atoms with Crippen LogP contribution in [0.1, 0.15) is 0 Å². The van der Waals surface area contributed by atoms with Crippen LogP contribution in [0.5, 0.6) is 0 Å². The molecule has 2 unspecified atom stereocenters. The number of nitrogen functional groups attached to an aromatic ring is 1. The third-order valence-corrected chi connectivity index (χ3v) is 3.05. The topological polar surface area (TPSA) is 98.4 Å². The van der Waals surface area contributed by atoms with Crippen LogP contribution in [-0.4, -0.2) is 45.5 Å². The van der Waals surface area contributed by atoms with E-state index in [-0.39, 0.29) is 0 Å². The van der Waals surface area contributed by atoms with E-state index in [9.17, 15) is 10.2 Å². The van der Waals surface area contributed by atoms with Gasteiger partial charge in [-0.3, -0.25) is 0 Å². The van der Waals surface area contributed by atoms with Gasteiger partial charge in [0.25, 0.3) is 0 Å². The van der Waals surface area contributed by atoms with Gasteiger partial charge in [-0.15, -0.1) is 0 Å². The summed E-state index contributed by atoms with van der Waals surface area (Å²) < 4.78 is 0. The Morgan fingerprint density at radius 2 is 2.00 bits per heavy atom. The Hall–Kier alpha value is -1.79. The molecule has 5 N–H and O–H groups in total. The van der Waals surface area contributed by atoms with Gasteiger partial charge in [0.05, 0.1) is 23.2 Å². The van der Waals surface area contributed by atoms with E-state index in [1.807, 2.05) is 17.0 Å². The first-order valence-electron chi connectivity index (χ1n) is 5.50. The van der Waals surface area contributed by atoms with Crippen molar-refractivity contribution in [3.05, 3.63) is 18.2 Å². The number of nitrogens with one attached hydrogen (secondary N) is 1. The number of nitrogens with two attached hydrogens (primary N) is 1. The summed E-state index contributed by atoms with van der Waals surface area (Å²) in [4.78, 5) is 9.35. The van der Waals surface area contributed by atoms with E-state index in [0.29, 0.717) is 24.7 Å².